The van der Waals surface area contributed by atoms with E-state index in [4.69, 9.17) is 4.74 Å². The average Bonchev–Trinajstić information content (AvgIpc) is 2.79. The molecule has 33 heavy (non-hydrogen) atoms. The van der Waals surface area contributed by atoms with Crippen molar-refractivity contribution < 1.29 is 27.8 Å². The number of methoxy groups -OCH3 is 1. The van der Waals surface area contributed by atoms with Crippen molar-refractivity contribution in [1.29, 1.82) is 0 Å². The van der Waals surface area contributed by atoms with E-state index in [0.29, 0.717) is 11.4 Å². The number of halogens is 2. The summed E-state index contributed by atoms with van der Waals surface area (Å²) in [7, 11) is 1.30. The van der Waals surface area contributed by atoms with Gasteiger partial charge < -0.3 is 25.4 Å². The van der Waals surface area contributed by atoms with Gasteiger partial charge in [-0.05, 0) is 48.9 Å². The van der Waals surface area contributed by atoms with Gasteiger partial charge in [0.2, 0.25) is 0 Å². The molecule has 0 aliphatic rings. The third kappa shape index (κ3) is 6.42. The highest BCUT2D eigenvalue weighted by Crippen LogP contribution is 2.32. The summed E-state index contributed by atoms with van der Waals surface area (Å²) in [5, 5.41) is 8.19. The van der Waals surface area contributed by atoms with E-state index in [0.717, 1.165) is 5.56 Å². The van der Waals surface area contributed by atoms with Crippen LogP contribution < -0.4 is 25.4 Å². The molecule has 0 radical (unpaired) electrons. The molecule has 1 atom stereocenters. The highest BCUT2D eigenvalue weighted by Gasteiger charge is 2.21. The molecular formula is C24H23F2N3O4. The van der Waals surface area contributed by atoms with Gasteiger partial charge in [0.25, 0.3) is 5.91 Å². The van der Waals surface area contributed by atoms with Crippen molar-refractivity contribution in [3.05, 3.63) is 83.9 Å². The Morgan fingerprint density at radius 3 is 2.09 bits per heavy atom. The number of hydrogen-bond acceptors (Lipinski definition) is 4. The summed E-state index contributed by atoms with van der Waals surface area (Å²) < 4.78 is 35.2. The lowest BCUT2D eigenvalue weighted by Crippen LogP contribution is -2.27. The molecule has 1 unspecified atom stereocenters. The fraction of sp³-hybridized carbons (Fsp3) is 0.167. The van der Waals surface area contributed by atoms with Crippen molar-refractivity contribution in [2.24, 2.45) is 0 Å². The van der Waals surface area contributed by atoms with Gasteiger partial charge in [-0.15, -0.1) is 0 Å². The number of carbonyl (C=O) groups is 2. The van der Waals surface area contributed by atoms with E-state index >= 15 is 0 Å². The van der Waals surface area contributed by atoms with Crippen molar-refractivity contribution in [1.82, 2.24) is 5.32 Å². The monoisotopic (exact) mass is 455 g/mol. The third-order valence-electron chi connectivity index (χ3n) is 4.70. The molecule has 3 aromatic rings. The lowest BCUT2D eigenvalue weighted by molar-refractivity contribution is -0.0515. The van der Waals surface area contributed by atoms with Crippen molar-refractivity contribution in [2.75, 3.05) is 17.7 Å². The number of nitrogens with one attached hydrogen (secondary N) is 3. The maximum absolute atomic E-state index is 12.8. The van der Waals surface area contributed by atoms with Crippen molar-refractivity contribution in [3.63, 3.8) is 0 Å². The Labute approximate surface area is 189 Å². The Balaban J connectivity index is 1.64. The van der Waals surface area contributed by atoms with E-state index in [1.807, 2.05) is 18.2 Å². The minimum Gasteiger partial charge on any atom is -0.493 e. The minimum absolute atomic E-state index is 0.0276. The molecule has 0 heterocycles. The maximum atomic E-state index is 12.8. The van der Waals surface area contributed by atoms with Gasteiger partial charge in [-0.25, -0.2) is 4.79 Å². The summed E-state index contributed by atoms with van der Waals surface area (Å²) in [5.74, 6) is -0.898. The standard InChI is InChI=1S/C24H23F2N3O4/c1-15(27-22(30)19-9-6-10-20(32-2)21(19)33-23(25)26)16-11-13-18(14-12-16)29-24(31)28-17-7-4-3-5-8-17/h3-15,23H,1-2H3,(H,27,30)(H2,28,29,31). The van der Waals surface area contributed by atoms with Gasteiger partial charge >= 0.3 is 12.6 Å². The number of hydrogen-bond donors (Lipinski definition) is 3. The summed E-state index contributed by atoms with van der Waals surface area (Å²) in [5.41, 5.74) is 1.90. The molecule has 9 heteroatoms. The summed E-state index contributed by atoms with van der Waals surface area (Å²) in [6.45, 7) is -1.36. The first-order chi connectivity index (χ1) is 15.9. The van der Waals surface area contributed by atoms with Crippen molar-refractivity contribution >= 4 is 23.3 Å². The van der Waals surface area contributed by atoms with E-state index in [1.54, 1.807) is 43.3 Å². The van der Waals surface area contributed by atoms with E-state index < -0.39 is 18.6 Å². The molecule has 0 saturated heterocycles. The van der Waals surface area contributed by atoms with Gasteiger partial charge in [-0.1, -0.05) is 36.4 Å². The van der Waals surface area contributed by atoms with Crippen molar-refractivity contribution in [2.45, 2.75) is 19.6 Å². The summed E-state index contributed by atoms with van der Waals surface area (Å²) >= 11 is 0. The van der Waals surface area contributed by atoms with Crippen LogP contribution in [0.5, 0.6) is 11.5 Å². The molecule has 0 aliphatic heterocycles. The number of carbonyl (C=O) groups excluding carboxylic acids is 2. The lowest BCUT2D eigenvalue weighted by atomic mass is 10.1. The molecule has 3 N–H and O–H groups in total. The summed E-state index contributed by atoms with van der Waals surface area (Å²) in [6, 6.07) is 19.4. The molecule has 0 aromatic heterocycles. The van der Waals surface area contributed by atoms with E-state index in [2.05, 4.69) is 20.7 Å². The molecule has 7 nitrogen and oxygen atoms in total. The van der Waals surface area contributed by atoms with E-state index in [9.17, 15) is 18.4 Å². The second-order valence-corrected chi connectivity index (χ2v) is 6.98. The Bertz CT molecular complexity index is 1090. The van der Waals surface area contributed by atoms with Crippen LogP contribution in [0.1, 0.15) is 28.9 Å². The number of alkyl halides is 2. The molecule has 0 aliphatic carbocycles. The number of amides is 3. The average molecular weight is 455 g/mol. The molecular weight excluding hydrogens is 432 g/mol. The quantitative estimate of drug-likeness (QED) is 0.423. The first-order valence-electron chi connectivity index (χ1n) is 10.0. The van der Waals surface area contributed by atoms with Gasteiger partial charge in [0.15, 0.2) is 11.5 Å². The zero-order valence-corrected chi connectivity index (χ0v) is 18.0. The van der Waals surface area contributed by atoms with Crippen LogP contribution in [-0.4, -0.2) is 25.7 Å². The number of rotatable bonds is 8. The number of anilines is 2. The highest BCUT2D eigenvalue weighted by atomic mass is 19.3. The van der Waals surface area contributed by atoms with Gasteiger partial charge in [0, 0.05) is 11.4 Å². The summed E-state index contributed by atoms with van der Waals surface area (Å²) in [4.78, 5) is 24.8. The second kappa shape index (κ2) is 10.9. The van der Waals surface area contributed by atoms with Crippen LogP contribution in [0.4, 0.5) is 25.0 Å². The smallest absolute Gasteiger partial charge is 0.387 e. The predicted octanol–water partition coefficient (Wildman–Crippen LogP) is 5.43. The number of para-hydroxylation sites is 2. The van der Waals surface area contributed by atoms with Gasteiger partial charge in [0.05, 0.1) is 18.7 Å². The normalized spacial score (nSPS) is 11.4. The maximum Gasteiger partial charge on any atom is 0.387 e. The molecule has 0 bridgehead atoms. The predicted molar refractivity (Wildman–Crippen MR) is 121 cm³/mol. The van der Waals surface area contributed by atoms with Crippen LogP contribution in [0.25, 0.3) is 0 Å². The molecule has 3 aromatic carbocycles. The molecule has 0 saturated carbocycles. The number of urea groups is 1. The highest BCUT2D eigenvalue weighted by molar-refractivity contribution is 6.00. The summed E-state index contributed by atoms with van der Waals surface area (Å²) in [6.07, 6.45) is 0. The first-order valence-corrected chi connectivity index (χ1v) is 10.0. The number of benzene rings is 3. The molecule has 3 rings (SSSR count). The molecule has 0 spiro atoms. The Morgan fingerprint density at radius 2 is 1.48 bits per heavy atom. The van der Waals surface area contributed by atoms with Crippen LogP contribution in [0.15, 0.2) is 72.8 Å². The Morgan fingerprint density at radius 1 is 0.848 bits per heavy atom. The SMILES string of the molecule is COc1cccc(C(=O)NC(C)c2ccc(NC(=O)Nc3ccccc3)cc2)c1OC(F)F. The van der Waals surface area contributed by atoms with Gasteiger partial charge in [-0.2, -0.15) is 8.78 Å². The fourth-order valence-electron chi connectivity index (χ4n) is 3.09. The Kier molecular flexibility index (Phi) is 7.80. The minimum atomic E-state index is -3.11. The lowest BCUT2D eigenvalue weighted by Gasteiger charge is -2.18. The molecule has 172 valence electrons. The Hall–Kier alpha value is -4.14. The van der Waals surface area contributed by atoms with Gasteiger partial charge in [-0.3, -0.25) is 4.79 Å². The topological polar surface area (TPSA) is 88.7 Å². The fourth-order valence-corrected chi connectivity index (χ4v) is 3.09. The van der Waals surface area contributed by atoms with Crippen LogP contribution in [0.2, 0.25) is 0 Å². The van der Waals surface area contributed by atoms with E-state index in [-0.39, 0.29) is 23.1 Å². The third-order valence-corrected chi connectivity index (χ3v) is 4.70. The van der Waals surface area contributed by atoms with E-state index in [1.165, 1.54) is 25.3 Å². The van der Waals surface area contributed by atoms with Crippen LogP contribution in [0, 0.1) is 0 Å². The zero-order valence-electron chi connectivity index (χ0n) is 18.0. The molecule has 0 fully saturated rings. The van der Waals surface area contributed by atoms with Gasteiger partial charge in [0.1, 0.15) is 0 Å². The first kappa shape index (κ1) is 23.5. The van der Waals surface area contributed by atoms with Crippen molar-refractivity contribution in [3.8, 4) is 11.5 Å². The van der Waals surface area contributed by atoms with Crippen LogP contribution in [0.3, 0.4) is 0 Å². The van der Waals surface area contributed by atoms with Crippen LogP contribution >= 0.6 is 0 Å². The largest absolute Gasteiger partial charge is 0.493 e. The second-order valence-electron chi connectivity index (χ2n) is 6.98. The number of ether oxygens (including phenoxy) is 2. The molecule has 3 amide bonds. The van der Waals surface area contributed by atoms with Crippen LogP contribution in [-0.2, 0) is 0 Å². The zero-order chi connectivity index (χ0) is 23.8.